The SMILES string of the molecule is O=C(Cc1ccc2c(c1)CCCC2)NCCC1CCCNC1. The van der Waals surface area contributed by atoms with Crippen LogP contribution in [0.1, 0.15) is 48.8 Å². The quantitative estimate of drug-likeness (QED) is 0.877. The van der Waals surface area contributed by atoms with Crippen molar-refractivity contribution in [2.45, 2.75) is 51.4 Å². The molecular formula is C19H28N2O. The fourth-order valence-electron chi connectivity index (χ4n) is 3.73. The third-order valence-corrected chi connectivity index (χ3v) is 5.05. The lowest BCUT2D eigenvalue weighted by Crippen LogP contribution is -2.33. The van der Waals surface area contributed by atoms with Crippen molar-refractivity contribution in [2.24, 2.45) is 5.92 Å². The van der Waals surface area contributed by atoms with E-state index >= 15 is 0 Å². The Balaban J connectivity index is 1.43. The molecule has 1 aliphatic carbocycles. The second-order valence-corrected chi connectivity index (χ2v) is 6.84. The van der Waals surface area contributed by atoms with E-state index in [9.17, 15) is 4.79 Å². The number of piperidine rings is 1. The second-order valence-electron chi connectivity index (χ2n) is 6.84. The van der Waals surface area contributed by atoms with Gasteiger partial charge in [-0.1, -0.05) is 18.2 Å². The predicted molar refractivity (Wildman–Crippen MR) is 90.0 cm³/mol. The van der Waals surface area contributed by atoms with Crippen molar-refractivity contribution in [1.29, 1.82) is 0 Å². The van der Waals surface area contributed by atoms with E-state index in [2.05, 4.69) is 28.8 Å². The predicted octanol–water partition coefficient (Wildman–Crippen LogP) is 2.61. The standard InChI is InChI=1S/C19H28N2O/c22-19(21-11-9-15-4-3-10-20-14-15)13-16-7-8-17-5-1-2-6-18(17)12-16/h7-8,12,15,20H,1-6,9-11,13-14H2,(H,21,22). The maximum absolute atomic E-state index is 12.1. The number of aryl methyl sites for hydroxylation is 2. The highest BCUT2D eigenvalue weighted by Gasteiger charge is 2.14. The smallest absolute Gasteiger partial charge is 0.224 e. The molecule has 1 saturated heterocycles. The number of carbonyl (C=O) groups excluding carboxylic acids is 1. The lowest BCUT2D eigenvalue weighted by Gasteiger charge is -2.22. The number of benzene rings is 1. The number of nitrogens with one attached hydrogen (secondary N) is 2. The molecule has 1 atom stereocenters. The maximum atomic E-state index is 12.1. The zero-order chi connectivity index (χ0) is 15.2. The number of amides is 1. The van der Waals surface area contributed by atoms with E-state index in [-0.39, 0.29) is 5.91 Å². The highest BCUT2D eigenvalue weighted by atomic mass is 16.1. The van der Waals surface area contributed by atoms with E-state index in [4.69, 9.17) is 0 Å². The molecule has 1 amide bonds. The van der Waals surface area contributed by atoms with Crippen molar-refractivity contribution in [3.63, 3.8) is 0 Å². The van der Waals surface area contributed by atoms with Gasteiger partial charge in [0, 0.05) is 6.54 Å². The summed E-state index contributed by atoms with van der Waals surface area (Å²) < 4.78 is 0. The summed E-state index contributed by atoms with van der Waals surface area (Å²) in [5.74, 6) is 0.900. The second kappa shape index (κ2) is 7.77. The van der Waals surface area contributed by atoms with E-state index in [1.807, 2.05) is 0 Å². The van der Waals surface area contributed by atoms with Gasteiger partial charge in [0.05, 0.1) is 6.42 Å². The molecule has 0 saturated carbocycles. The lowest BCUT2D eigenvalue weighted by atomic mass is 9.90. The highest BCUT2D eigenvalue weighted by molar-refractivity contribution is 5.78. The summed E-state index contributed by atoms with van der Waals surface area (Å²) in [5.41, 5.74) is 4.11. The van der Waals surface area contributed by atoms with Crippen LogP contribution >= 0.6 is 0 Å². The Labute approximate surface area is 133 Å². The first-order chi connectivity index (χ1) is 10.8. The first kappa shape index (κ1) is 15.5. The fraction of sp³-hybridized carbons (Fsp3) is 0.632. The molecule has 22 heavy (non-hydrogen) atoms. The van der Waals surface area contributed by atoms with Crippen LogP contribution in [0.3, 0.4) is 0 Å². The van der Waals surface area contributed by atoms with Gasteiger partial charge in [-0.2, -0.15) is 0 Å². The molecular weight excluding hydrogens is 272 g/mol. The van der Waals surface area contributed by atoms with Gasteiger partial charge in [-0.05, 0) is 80.6 Å². The van der Waals surface area contributed by atoms with Gasteiger partial charge in [0.1, 0.15) is 0 Å². The summed E-state index contributed by atoms with van der Waals surface area (Å²) in [6, 6.07) is 6.61. The van der Waals surface area contributed by atoms with Crippen LogP contribution < -0.4 is 10.6 Å². The molecule has 3 nitrogen and oxygen atoms in total. The molecule has 2 N–H and O–H groups in total. The molecule has 2 aliphatic rings. The first-order valence-corrected chi connectivity index (χ1v) is 8.89. The van der Waals surface area contributed by atoms with Crippen molar-refractivity contribution in [1.82, 2.24) is 10.6 Å². The van der Waals surface area contributed by atoms with Crippen molar-refractivity contribution in [2.75, 3.05) is 19.6 Å². The van der Waals surface area contributed by atoms with Gasteiger partial charge in [-0.3, -0.25) is 4.79 Å². The van der Waals surface area contributed by atoms with Crippen molar-refractivity contribution >= 4 is 5.91 Å². The van der Waals surface area contributed by atoms with Crippen LogP contribution in [0.2, 0.25) is 0 Å². The molecule has 1 aromatic rings. The van der Waals surface area contributed by atoms with E-state index in [0.29, 0.717) is 6.42 Å². The van der Waals surface area contributed by atoms with E-state index in [0.717, 1.165) is 37.5 Å². The fourth-order valence-corrected chi connectivity index (χ4v) is 3.73. The Morgan fingerprint density at radius 2 is 2.05 bits per heavy atom. The van der Waals surface area contributed by atoms with Crippen LogP contribution in [0.15, 0.2) is 18.2 Å². The van der Waals surface area contributed by atoms with Gasteiger partial charge in [0.2, 0.25) is 5.91 Å². The van der Waals surface area contributed by atoms with Crippen LogP contribution in [0, 0.1) is 5.92 Å². The third kappa shape index (κ3) is 4.33. The summed E-state index contributed by atoms with van der Waals surface area (Å²) in [6.07, 6.45) is 9.18. The van der Waals surface area contributed by atoms with Crippen LogP contribution in [0.5, 0.6) is 0 Å². The van der Waals surface area contributed by atoms with Gasteiger partial charge in [-0.25, -0.2) is 0 Å². The van der Waals surface area contributed by atoms with Crippen LogP contribution in [-0.2, 0) is 24.1 Å². The Bertz CT molecular complexity index is 506. The zero-order valence-corrected chi connectivity index (χ0v) is 13.5. The van der Waals surface area contributed by atoms with E-state index < -0.39 is 0 Å². The maximum Gasteiger partial charge on any atom is 0.224 e. The molecule has 1 aromatic carbocycles. The number of hydrogen-bond donors (Lipinski definition) is 2. The Morgan fingerprint density at radius 3 is 2.86 bits per heavy atom. The largest absolute Gasteiger partial charge is 0.356 e. The summed E-state index contributed by atoms with van der Waals surface area (Å²) in [5, 5.41) is 6.52. The molecule has 0 spiro atoms. The summed E-state index contributed by atoms with van der Waals surface area (Å²) in [4.78, 5) is 12.1. The van der Waals surface area contributed by atoms with E-state index in [1.165, 1.54) is 49.7 Å². The zero-order valence-electron chi connectivity index (χ0n) is 13.5. The van der Waals surface area contributed by atoms with E-state index in [1.54, 1.807) is 0 Å². The van der Waals surface area contributed by atoms with Gasteiger partial charge in [0.15, 0.2) is 0 Å². The number of fused-ring (bicyclic) bond motifs is 1. The van der Waals surface area contributed by atoms with Crippen molar-refractivity contribution < 1.29 is 4.79 Å². The Morgan fingerprint density at radius 1 is 1.18 bits per heavy atom. The molecule has 1 heterocycles. The normalized spacial score (nSPS) is 21.2. The number of carbonyl (C=O) groups is 1. The monoisotopic (exact) mass is 300 g/mol. The molecule has 3 rings (SSSR count). The lowest BCUT2D eigenvalue weighted by molar-refractivity contribution is -0.120. The van der Waals surface area contributed by atoms with Crippen molar-refractivity contribution in [3.05, 3.63) is 34.9 Å². The summed E-state index contributed by atoms with van der Waals surface area (Å²) >= 11 is 0. The number of hydrogen-bond acceptors (Lipinski definition) is 2. The molecule has 1 fully saturated rings. The van der Waals surface area contributed by atoms with Crippen LogP contribution in [0.4, 0.5) is 0 Å². The summed E-state index contributed by atoms with van der Waals surface area (Å²) in [6.45, 7) is 3.08. The molecule has 1 aliphatic heterocycles. The minimum absolute atomic E-state index is 0.166. The highest BCUT2D eigenvalue weighted by Crippen LogP contribution is 2.22. The minimum atomic E-state index is 0.166. The Kier molecular flexibility index (Phi) is 5.49. The molecule has 0 bridgehead atoms. The Hall–Kier alpha value is -1.35. The van der Waals surface area contributed by atoms with Gasteiger partial charge < -0.3 is 10.6 Å². The first-order valence-electron chi connectivity index (χ1n) is 8.89. The average Bonchev–Trinajstić information content (AvgIpc) is 2.56. The number of rotatable bonds is 5. The molecule has 120 valence electrons. The topological polar surface area (TPSA) is 41.1 Å². The molecule has 0 radical (unpaired) electrons. The minimum Gasteiger partial charge on any atom is -0.356 e. The van der Waals surface area contributed by atoms with Gasteiger partial charge in [0.25, 0.3) is 0 Å². The van der Waals surface area contributed by atoms with Crippen LogP contribution in [-0.4, -0.2) is 25.5 Å². The van der Waals surface area contributed by atoms with Crippen molar-refractivity contribution in [3.8, 4) is 0 Å². The molecule has 3 heteroatoms. The van der Waals surface area contributed by atoms with Gasteiger partial charge >= 0.3 is 0 Å². The van der Waals surface area contributed by atoms with Gasteiger partial charge in [-0.15, -0.1) is 0 Å². The average molecular weight is 300 g/mol. The summed E-state index contributed by atoms with van der Waals surface area (Å²) in [7, 11) is 0. The van der Waals surface area contributed by atoms with Crippen LogP contribution in [0.25, 0.3) is 0 Å². The third-order valence-electron chi connectivity index (χ3n) is 5.05. The molecule has 0 aromatic heterocycles. The molecule has 1 unspecified atom stereocenters.